The first kappa shape index (κ1) is 17.6. The van der Waals surface area contributed by atoms with Crippen molar-refractivity contribution in [2.75, 3.05) is 46.3 Å². The lowest BCUT2D eigenvalue weighted by Gasteiger charge is -2.51. The molecule has 5 rings (SSSR count). The number of hydrogen-bond donors (Lipinski definition) is 0. The summed E-state index contributed by atoms with van der Waals surface area (Å²) in [4.78, 5) is 27.3. The second-order valence-electron chi connectivity index (χ2n) is 8.98. The van der Waals surface area contributed by atoms with E-state index >= 15 is 0 Å². The van der Waals surface area contributed by atoms with Gasteiger partial charge in [0.1, 0.15) is 6.04 Å². The van der Waals surface area contributed by atoms with Gasteiger partial charge in [0.2, 0.25) is 5.91 Å². The van der Waals surface area contributed by atoms with Crippen LogP contribution >= 0.6 is 0 Å². The van der Waals surface area contributed by atoms with Gasteiger partial charge in [-0.2, -0.15) is 0 Å². The molecule has 6 nitrogen and oxygen atoms in total. The highest BCUT2D eigenvalue weighted by atomic mass is 16.2. The lowest BCUT2D eigenvalue weighted by Crippen LogP contribution is -2.63. The number of likely N-dealkylation sites (N-methyl/N-ethyl adjacent to an activating group) is 1. The molecular weight excluding hydrogens is 338 g/mol. The van der Waals surface area contributed by atoms with Gasteiger partial charge in [-0.1, -0.05) is 6.07 Å². The van der Waals surface area contributed by atoms with Crippen molar-refractivity contribution < 1.29 is 4.79 Å². The van der Waals surface area contributed by atoms with Crippen molar-refractivity contribution in [2.24, 2.45) is 5.92 Å². The maximum absolute atomic E-state index is 13.3. The molecular formula is C21H31N5O. The summed E-state index contributed by atoms with van der Waals surface area (Å²) in [5, 5.41) is 0. The Bertz CT molecular complexity index is 683. The van der Waals surface area contributed by atoms with Gasteiger partial charge in [0.05, 0.1) is 5.66 Å². The minimum Gasteiger partial charge on any atom is -0.322 e. The van der Waals surface area contributed by atoms with Crippen LogP contribution in [0.2, 0.25) is 0 Å². The van der Waals surface area contributed by atoms with Gasteiger partial charge in [-0.3, -0.25) is 19.6 Å². The van der Waals surface area contributed by atoms with Crippen molar-refractivity contribution in [3.05, 3.63) is 30.1 Å². The molecule has 0 radical (unpaired) electrons. The van der Waals surface area contributed by atoms with Crippen LogP contribution in [0.25, 0.3) is 0 Å². The van der Waals surface area contributed by atoms with Gasteiger partial charge in [-0.15, -0.1) is 0 Å². The molecule has 4 heterocycles. The summed E-state index contributed by atoms with van der Waals surface area (Å²) in [6.45, 7) is 7.05. The Balaban J connectivity index is 1.34. The number of pyridine rings is 1. The normalized spacial score (nSPS) is 29.4. The van der Waals surface area contributed by atoms with Crippen LogP contribution in [0, 0.1) is 5.92 Å². The molecule has 1 amide bonds. The Kier molecular flexibility index (Phi) is 4.45. The molecule has 146 valence electrons. The lowest BCUT2D eigenvalue weighted by atomic mass is 9.93. The molecule has 6 heteroatoms. The number of nitrogens with zero attached hydrogens (tertiary/aromatic N) is 5. The number of rotatable bonds is 4. The smallest absolute Gasteiger partial charge is 0.242 e. The Morgan fingerprint density at radius 1 is 1.19 bits per heavy atom. The Hall–Kier alpha value is -1.50. The van der Waals surface area contributed by atoms with Gasteiger partial charge < -0.3 is 9.80 Å². The monoisotopic (exact) mass is 369 g/mol. The van der Waals surface area contributed by atoms with Gasteiger partial charge in [0, 0.05) is 58.2 Å². The second-order valence-corrected chi connectivity index (χ2v) is 8.98. The van der Waals surface area contributed by atoms with Gasteiger partial charge in [0.25, 0.3) is 0 Å². The van der Waals surface area contributed by atoms with E-state index in [0.717, 1.165) is 64.6 Å². The van der Waals surface area contributed by atoms with Crippen LogP contribution in [0.15, 0.2) is 24.5 Å². The maximum atomic E-state index is 13.3. The van der Waals surface area contributed by atoms with Crippen LogP contribution in [0.1, 0.15) is 31.2 Å². The number of aromatic nitrogens is 1. The number of fused-ring (bicyclic) bond motifs is 2. The Labute approximate surface area is 162 Å². The Morgan fingerprint density at radius 3 is 2.70 bits per heavy atom. The molecule has 1 saturated carbocycles. The summed E-state index contributed by atoms with van der Waals surface area (Å²) in [6.07, 6.45) is 8.56. The predicted molar refractivity (Wildman–Crippen MR) is 104 cm³/mol. The molecule has 1 spiro atoms. The summed E-state index contributed by atoms with van der Waals surface area (Å²) < 4.78 is 0. The average molecular weight is 370 g/mol. The van der Waals surface area contributed by atoms with Crippen molar-refractivity contribution >= 4 is 5.91 Å². The zero-order valence-corrected chi connectivity index (χ0v) is 16.4. The maximum Gasteiger partial charge on any atom is 0.242 e. The summed E-state index contributed by atoms with van der Waals surface area (Å²) in [7, 11) is 2.15. The highest BCUT2D eigenvalue weighted by molar-refractivity contribution is 5.85. The van der Waals surface area contributed by atoms with Crippen molar-refractivity contribution in [1.82, 2.24) is 24.6 Å². The molecule has 3 saturated heterocycles. The molecule has 1 aromatic rings. The summed E-state index contributed by atoms with van der Waals surface area (Å²) >= 11 is 0. The highest BCUT2D eigenvalue weighted by Crippen LogP contribution is 2.44. The second kappa shape index (κ2) is 6.83. The largest absolute Gasteiger partial charge is 0.322 e. The minimum atomic E-state index is -0.0307. The number of likely N-dealkylation sites (tertiary alicyclic amines) is 1. The van der Waals surface area contributed by atoms with Crippen molar-refractivity contribution in [1.29, 1.82) is 0 Å². The third-order valence-electron chi connectivity index (χ3n) is 7.10. The molecule has 27 heavy (non-hydrogen) atoms. The third kappa shape index (κ3) is 3.18. The van der Waals surface area contributed by atoms with Crippen molar-refractivity contribution in [3.8, 4) is 0 Å². The fourth-order valence-corrected chi connectivity index (χ4v) is 5.36. The van der Waals surface area contributed by atoms with Gasteiger partial charge >= 0.3 is 0 Å². The van der Waals surface area contributed by atoms with Crippen LogP contribution in [-0.4, -0.2) is 88.5 Å². The van der Waals surface area contributed by atoms with Gasteiger partial charge in [-0.05, 0) is 50.3 Å². The molecule has 1 aromatic heterocycles. The fraction of sp³-hybridized carbons (Fsp3) is 0.714. The molecule has 3 aliphatic heterocycles. The first-order valence-electron chi connectivity index (χ1n) is 10.5. The summed E-state index contributed by atoms with van der Waals surface area (Å²) in [5.74, 6) is 1.15. The molecule has 0 N–H and O–H groups in total. The molecule has 0 aromatic carbocycles. The van der Waals surface area contributed by atoms with Crippen LogP contribution in [-0.2, 0) is 11.3 Å². The van der Waals surface area contributed by atoms with E-state index in [1.165, 1.54) is 18.4 Å². The number of piperazine rings is 1. The van der Waals surface area contributed by atoms with E-state index in [9.17, 15) is 4.79 Å². The lowest BCUT2D eigenvalue weighted by molar-refractivity contribution is -0.134. The highest BCUT2D eigenvalue weighted by Gasteiger charge is 2.58. The molecule has 1 atom stereocenters. The molecule has 4 fully saturated rings. The zero-order valence-electron chi connectivity index (χ0n) is 16.4. The van der Waals surface area contributed by atoms with E-state index in [2.05, 4.69) is 37.7 Å². The van der Waals surface area contributed by atoms with Crippen LogP contribution in [0.4, 0.5) is 0 Å². The van der Waals surface area contributed by atoms with E-state index in [1.807, 2.05) is 18.5 Å². The van der Waals surface area contributed by atoms with Gasteiger partial charge in [-0.25, -0.2) is 0 Å². The van der Waals surface area contributed by atoms with Crippen molar-refractivity contribution in [2.45, 2.75) is 43.9 Å². The SMILES string of the molecule is CN1CCN2[C@H](C1)C(=O)N(CC1CC1)C21CCN(Cc2cccnc2)CC1. The number of carbonyl (C=O) groups excluding carboxylic acids is 1. The first-order chi connectivity index (χ1) is 13.2. The predicted octanol–water partition coefficient (Wildman–Crippen LogP) is 1.24. The number of amides is 1. The quantitative estimate of drug-likeness (QED) is 0.799. The van der Waals surface area contributed by atoms with E-state index in [1.54, 1.807) is 0 Å². The van der Waals surface area contributed by atoms with Crippen LogP contribution < -0.4 is 0 Å². The molecule has 1 aliphatic carbocycles. The first-order valence-corrected chi connectivity index (χ1v) is 10.5. The molecule has 0 unspecified atom stereocenters. The van der Waals surface area contributed by atoms with Crippen LogP contribution in [0.3, 0.4) is 0 Å². The number of carbonyl (C=O) groups is 1. The van der Waals surface area contributed by atoms with E-state index in [0.29, 0.717) is 5.91 Å². The number of piperidine rings is 1. The minimum absolute atomic E-state index is 0.0307. The molecule has 4 aliphatic rings. The number of hydrogen-bond acceptors (Lipinski definition) is 5. The topological polar surface area (TPSA) is 42.9 Å². The van der Waals surface area contributed by atoms with Crippen molar-refractivity contribution in [3.63, 3.8) is 0 Å². The summed E-state index contributed by atoms with van der Waals surface area (Å²) in [6, 6.07) is 4.25. The fourth-order valence-electron chi connectivity index (χ4n) is 5.36. The van der Waals surface area contributed by atoms with E-state index in [-0.39, 0.29) is 11.7 Å². The molecule has 0 bridgehead atoms. The standard InChI is InChI=1S/C21H31N5O/c1-23-11-12-25-19(16-23)20(27)26(15-17-4-5-17)21(25)6-9-24(10-7-21)14-18-3-2-8-22-13-18/h2-3,8,13,17,19H,4-7,9-12,14-16H2,1H3/t19-/m1/s1. The van der Waals surface area contributed by atoms with Crippen LogP contribution in [0.5, 0.6) is 0 Å². The van der Waals surface area contributed by atoms with E-state index in [4.69, 9.17) is 0 Å². The summed E-state index contributed by atoms with van der Waals surface area (Å²) in [5.41, 5.74) is 1.25. The zero-order chi connectivity index (χ0) is 18.4. The van der Waals surface area contributed by atoms with E-state index < -0.39 is 0 Å². The van der Waals surface area contributed by atoms with Gasteiger partial charge in [0.15, 0.2) is 0 Å². The average Bonchev–Trinajstić information content (AvgIpc) is 3.48. The third-order valence-corrected chi connectivity index (χ3v) is 7.10. The Morgan fingerprint density at radius 2 is 2.00 bits per heavy atom.